The molecule has 2 saturated carbocycles. The summed E-state index contributed by atoms with van der Waals surface area (Å²) in [5, 5.41) is 0.184. The molecule has 0 aromatic carbocycles. The van der Waals surface area contributed by atoms with E-state index in [0.29, 0.717) is 50.8 Å². The van der Waals surface area contributed by atoms with Crippen LogP contribution in [-0.4, -0.2) is 99.9 Å². The molecule has 3 fully saturated rings. The fraction of sp³-hybridized carbons (Fsp3) is 0.938. The third-order valence-electron chi connectivity index (χ3n) is 16.3. The first-order valence-corrected chi connectivity index (χ1v) is 32.2. The van der Waals surface area contributed by atoms with Crippen molar-refractivity contribution in [3.8, 4) is 0 Å². The smallest absolute Gasteiger partial charge is 0.246 e. The Kier molecular flexibility index (Phi) is 18.1. The van der Waals surface area contributed by atoms with Crippen LogP contribution in [0, 0.1) is 23.2 Å². The largest absolute Gasteiger partial charge is 0.417 e. The number of hydrogen-bond acceptors (Lipinski definition) is 7. The predicted molar refractivity (Wildman–Crippen MR) is 255 cm³/mol. The van der Waals surface area contributed by atoms with Crippen molar-refractivity contribution < 1.29 is 32.3 Å². The molecule has 0 aromatic rings. The summed E-state index contributed by atoms with van der Waals surface area (Å²) >= 11 is 0. The van der Waals surface area contributed by atoms with Gasteiger partial charge in [-0.25, -0.2) is 0 Å². The van der Waals surface area contributed by atoms with Crippen LogP contribution in [0.1, 0.15) is 148 Å². The number of rotatable bonds is 19. The van der Waals surface area contributed by atoms with Crippen LogP contribution in [0.4, 0.5) is 0 Å². The first kappa shape index (κ1) is 53.0. The van der Waals surface area contributed by atoms with Gasteiger partial charge in [0, 0.05) is 39.5 Å². The molecule has 0 spiro atoms. The second-order valence-electron chi connectivity index (χ2n) is 24.4. The number of methoxy groups -OCH3 is 1. The highest BCUT2D eigenvalue weighted by Crippen LogP contribution is 2.60. The van der Waals surface area contributed by atoms with Crippen LogP contribution in [0.5, 0.6) is 0 Å². The first-order valence-electron chi connectivity index (χ1n) is 23.5. The minimum Gasteiger partial charge on any atom is -0.417 e. The molecule has 3 rings (SSSR count). The fourth-order valence-electron chi connectivity index (χ4n) is 9.27. The lowest BCUT2D eigenvalue weighted by atomic mass is 9.60. The van der Waals surface area contributed by atoms with Gasteiger partial charge in [-0.05, 0) is 136 Å². The quantitative estimate of drug-likeness (QED) is 0.0553. The maximum atomic E-state index is 14.8. The SMILES string of the molecule is COCOC(C)(C)CCC[C@@H](C)[C@H]1CC[C@H]2/C(=C/C(=O)N3C[C@@H](O[Si](C)(C)C(C)(C)C)C(OCCCO[Si](C)(C)C(C)(C)C)[C@H](O[Si](C)(C)C(C)(C)C)C3)CCC[C@]12C. The average Bonchev–Trinajstić information content (AvgIpc) is 3.44. The van der Waals surface area contributed by atoms with Gasteiger partial charge in [0.25, 0.3) is 0 Å². The summed E-state index contributed by atoms with van der Waals surface area (Å²) in [5.41, 5.74) is 1.42. The van der Waals surface area contributed by atoms with Crippen LogP contribution in [0.25, 0.3) is 0 Å². The average molecular weight is 883 g/mol. The Hall–Kier alpha value is -0.379. The zero-order chi connectivity index (χ0) is 45.0. The molecule has 8 nitrogen and oxygen atoms in total. The highest BCUT2D eigenvalue weighted by molar-refractivity contribution is 6.75. The van der Waals surface area contributed by atoms with E-state index in [-0.39, 0.29) is 50.3 Å². The van der Waals surface area contributed by atoms with Crippen LogP contribution in [0.15, 0.2) is 11.6 Å². The molecule has 0 bridgehead atoms. The summed E-state index contributed by atoms with van der Waals surface area (Å²) < 4.78 is 39.2. The lowest BCUT2D eigenvalue weighted by molar-refractivity contribution is -0.150. The van der Waals surface area contributed by atoms with Crippen LogP contribution in [0.3, 0.4) is 0 Å². The van der Waals surface area contributed by atoms with E-state index in [0.717, 1.165) is 32.1 Å². The number of hydrogen-bond donors (Lipinski definition) is 0. The van der Waals surface area contributed by atoms with Gasteiger partial charge in [0.05, 0.1) is 17.8 Å². The molecule has 1 aliphatic heterocycles. The predicted octanol–water partition coefficient (Wildman–Crippen LogP) is 12.8. The van der Waals surface area contributed by atoms with E-state index in [9.17, 15) is 4.79 Å². The minimum absolute atomic E-state index is 0.00923. The summed E-state index contributed by atoms with van der Waals surface area (Å²) in [5.74, 6) is 1.88. The summed E-state index contributed by atoms with van der Waals surface area (Å²) in [6.07, 6.45) is 11.3. The lowest BCUT2D eigenvalue weighted by Gasteiger charge is -2.50. The van der Waals surface area contributed by atoms with E-state index in [4.69, 9.17) is 27.5 Å². The highest BCUT2D eigenvalue weighted by atomic mass is 28.4. The zero-order valence-corrected chi connectivity index (χ0v) is 45.2. The van der Waals surface area contributed by atoms with E-state index in [1.54, 1.807) is 7.11 Å². The molecule has 0 unspecified atom stereocenters. The maximum Gasteiger partial charge on any atom is 0.246 e. The molecular formula is C48H95NO7Si3. The number of nitrogens with zero attached hydrogens (tertiary/aromatic N) is 1. The Morgan fingerprint density at radius 2 is 1.36 bits per heavy atom. The number of allylic oxidation sites excluding steroid dienone is 1. The monoisotopic (exact) mass is 882 g/mol. The second kappa shape index (κ2) is 20.2. The zero-order valence-electron chi connectivity index (χ0n) is 42.2. The van der Waals surface area contributed by atoms with Gasteiger partial charge in [-0.2, -0.15) is 0 Å². The van der Waals surface area contributed by atoms with Crippen molar-refractivity contribution in [3.63, 3.8) is 0 Å². The normalized spacial score (nSPS) is 27.1. The second-order valence-corrected chi connectivity index (χ2v) is 38.7. The number of fused-ring (bicyclic) bond motifs is 1. The summed E-state index contributed by atoms with van der Waals surface area (Å²) in [6.45, 7) is 46.5. The Morgan fingerprint density at radius 1 is 0.814 bits per heavy atom. The molecule has 59 heavy (non-hydrogen) atoms. The van der Waals surface area contributed by atoms with Crippen molar-refractivity contribution in [1.29, 1.82) is 0 Å². The van der Waals surface area contributed by atoms with Gasteiger partial charge in [0.1, 0.15) is 12.9 Å². The number of piperidine rings is 1. The molecule has 1 heterocycles. The van der Waals surface area contributed by atoms with Crippen molar-refractivity contribution in [2.24, 2.45) is 23.2 Å². The molecular weight excluding hydrogens is 787 g/mol. The van der Waals surface area contributed by atoms with E-state index in [1.165, 1.54) is 31.3 Å². The molecule has 0 aromatic heterocycles. The minimum atomic E-state index is -2.25. The third-order valence-corrected chi connectivity index (χ3v) is 29.8. The van der Waals surface area contributed by atoms with Crippen molar-refractivity contribution in [2.75, 3.05) is 40.2 Å². The summed E-state index contributed by atoms with van der Waals surface area (Å²) in [4.78, 5) is 16.8. The van der Waals surface area contributed by atoms with Gasteiger partial charge in [-0.1, -0.05) is 94.6 Å². The van der Waals surface area contributed by atoms with Gasteiger partial charge in [-0.15, -0.1) is 0 Å². The van der Waals surface area contributed by atoms with E-state index in [1.807, 2.05) is 0 Å². The van der Waals surface area contributed by atoms with Gasteiger partial charge < -0.3 is 32.4 Å². The number of carbonyl (C=O) groups is 1. The number of likely N-dealkylation sites (tertiary alicyclic amines) is 1. The van der Waals surface area contributed by atoms with E-state index < -0.39 is 25.0 Å². The number of carbonyl (C=O) groups excluding carboxylic acids is 1. The lowest BCUT2D eigenvalue weighted by Crippen LogP contribution is -2.64. The maximum absolute atomic E-state index is 14.8. The number of ether oxygens (including phenoxy) is 3. The van der Waals surface area contributed by atoms with Crippen LogP contribution in [-0.2, 0) is 32.3 Å². The van der Waals surface area contributed by atoms with E-state index >= 15 is 0 Å². The van der Waals surface area contributed by atoms with Crippen molar-refractivity contribution >= 4 is 30.9 Å². The Labute approximate surface area is 367 Å². The Morgan fingerprint density at radius 3 is 1.86 bits per heavy atom. The molecule has 3 aliphatic rings. The van der Waals surface area contributed by atoms with Crippen molar-refractivity contribution in [1.82, 2.24) is 4.90 Å². The molecule has 11 heteroatoms. The van der Waals surface area contributed by atoms with Crippen LogP contribution < -0.4 is 0 Å². The van der Waals surface area contributed by atoms with Gasteiger partial charge in [0.15, 0.2) is 25.0 Å². The molecule has 2 aliphatic carbocycles. The molecule has 1 saturated heterocycles. The molecule has 0 N–H and O–H groups in total. The molecule has 346 valence electrons. The standard InChI is InChI=1S/C48H95NO7Si3/c1-36(24-21-28-47(11,12)53-35-51-14)38-26-27-39-37(25-22-29-48(38,39)13)32-42(50)49-33-40(55-58(17,18)45(5,6)7)43(41(34-49)56-59(19,20)46(8,9)10)52-30-23-31-54-57(15,16)44(2,3)4/h32,36,38-41,43H,21-31,33-35H2,1-20H3/b37-32+/t36-,38-,39+,40-,41-,48-/m1/s1. The summed E-state index contributed by atoms with van der Waals surface area (Å²) in [6, 6.07) is 0. The van der Waals surface area contributed by atoms with Crippen LogP contribution >= 0.6 is 0 Å². The summed E-state index contributed by atoms with van der Waals surface area (Å²) in [7, 11) is -4.67. The van der Waals surface area contributed by atoms with Crippen molar-refractivity contribution in [2.45, 2.75) is 226 Å². The topological polar surface area (TPSA) is 75.7 Å². The highest BCUT2D eigenvalue weighted by Gasteiger charge is 2.52. The molecule has 6 atom stereocenters. The van der Waals surface area contributed by atoms with E-state index in [2.05, 4.69) is 140 Å². The van der Waals surface area contributed by atoms with Crippen LogP contribution in [0.2, 0.25) is 54.4 Å². The number of amides is 1. The van der Waals surface area contributed by atoms with Crippen molar-refractivity contribution in [3.05, 3.63) is 11.6 Å². The first-order chi connectivity index (χ1) is 26.8. The van der Waals surface area contributed by atoms with Gasteiger partial charge >= 0.3 is 0 Å². The fourth-order valence-corrected chi connectivity index (χ4v) is 13.0. The molecule has 1 amide bonds. The molecule has 0 radical (unpaired) electrons. The third kappa shape index (κ3) is 13.8. The Bertz CT molecular complexity index is 1340. The van der Waals surface area contributed by atoms with Gasteiger partial charge in [-0.3, -0.25) is 4.79 Å². The Balaban J connectivity index is 1.88. The van der Waals surface area contributed by atoms with Gasteiger partial charge in [0.2, 0.25) is 5.91 Å².